The van der Waals surface area contributed by atoms with Crippen LogP contribution in [0.1, 0.15) is 30.5 Å². The number of nitrogens with one attached hydrogen (secondary N) is 1. The molecule has 1 aliphatic heterocycles. The van der Waals surface area contributed by atoms with E-state index in [9.17, 15) is 9.59 Å². The number of carbonyl (C=O) groups excluding carboxylic acids is 2. The first-order chi connectivity index (χ1) is 10.1. The number of aromatic nitrogens is 1. The van der Waals surface area contributed by atoms with Gasteiger partial charge in [-0.1, -0.05) is 0 Å². The minimum absolute atomic E-state index is 0.00683. The molecule has 0 bridgehead atoms. The molecule has 1 saturated heterocycles. The van der Waals surface area contributed by atoms with Crippen molar-refractivity contribution in [2.24, 2.45) is 5.92 Å². The number of likely N-dealkylation sites (tertiary alicyclic amines) is 1. The highest BCUT2D eigenvalue weighted by molar-refractivity contribution is 7.09. The molecule has 0 unspecified atom stereocenters. The van der Waals surface area contributed by atoms with Crippen molar-refractivity contribution < 1.29 is 9.59 Å². The van der Waals surface area contributed by atoms with Crippen LogP contribution in [-0.2, 0) is 21.9 Å². The lowest BCUT2D eigenvalue weighted by molar-refractivity contribution is -0.132. The molecular formula is C14H20ClN3O2S. The van der Waals surface area contributed by atoms with Crippen LogP contribution in [0.3, 0.4) is 0 Å². The van der Waals surface area contributed by atoms with Gasteiger partial charge in [-0.15, -0.1) is 22.9 Å². The Labute approximate surface area is 133 Å². The fourth-order valence-electron chi connectivity index (χ4n) is 2.41. The monoisotopic (exact) mass is 329 g/mol. The number of nitrogens with zero attached hydrogens (tertiary/aromatic N) is 2. The summed E-state index contributed by atoms with van der Waals surface area (Å²) in [5.74, 6) is 0.996. The Bertz CT molecular complexity index is 498. The molecule has 0 saturated carbocycles. The Hall–Kier alpha value is -1.14. The molecule has 1 fully saturated rings. The fourth-order valence-corrected chi connectivity index (χ4v) is 3.42. The number of piperidine rings is 1. The molecule has 0 radical (unpaired) electrons. The Morgan fingerprint density at radius 1 is 1.48 bits per heavy atom. The zero-order valence-electron chi connectivity index (χ0n) is 12.1. The summed E-state index contributed by atoms with van der Waals surface area (Å²) >= 11 is 7.20. The predicted molar refractivity (Wildman–Crippen MR) is 83.4 cm³/mol. The van der Waals surface area contributed by atoms with Crippen LogP contribution in [-0.4, -0.2) is 41.3 Å². The third kappa shape index (κ3) is 4.97. The van der Waals surface area contributed by atoms with Gasteiger partial charge in [0.05, 0.1) is 18.0 Å². The lowest BCUT2D eigenvalue weighted by Gasteiger charge is -2.32. The summed E-state index contributed by atoms with van der Waals surface area (Å²) in [7, 11) is 0. The number of hydrogen-bond acceptors (Lipinski definition) is 4. The van der Waals surface area contributed by atoms with Gasteiger partial charge in [-0.05, 0) is 18.8 Å². The van der Waals surface area contributed by atoms with Gasteiger partial charge in [-0.3, -0.25) is 9.59 Å². The zero-order chi connectivity index (χ0) is 15.2. The van der Waals surface area contributed by atoms with E-state index in [0.717, 1.165) is 36.6 Å². The molecule has 2 amide bonds. The summed E-state index contributed by atoms with van der Waals surface area (Å²) in [5.41, 5.74) is 0.832. The topological polar surface area (TPSA) is 62.3 Å². The summed E-state index contributed by atoms with van der Waals surface area (Å²) in [5, 5.41) is 5.57. The maximum Gasteiger partial charge on any atom is 0.229 e. The van der Waals surface area contributed by atoms with Crippen molar-refractivity contribution in [1.82, 2.24) is 15.2 Å². The van der Waals surface area contributed by atoms with Gasteiger partial charge in [0.25, 0.3) is 0 Å². The highest BCUT2D eigenvalue weighted by Gasteiger charge is 2.23. The van der Waals surface area contributed by atoms with Gasteiger partial charge in [-0.25, -0.2) is 4.98 Å². The molecule has 0 spiro atoms. The summed E-state index contributed by atoms with van der Waals surface area (Å²) in [6, 6.07) is 0. The zero-order valence-corrected chi connectivity index (χ0v) is 13.7. The number of alkyl halides is 1. The second kappa shape index (κ2) is 7.75. The van der Waals surface area contributed by atoms with Crippen LogP contribution in [0.25, 0.3) is 0 Å². The molecule has 1 aliphatic rings. The van der Waals surface area contributed by atoms with Crippen LogP contribution in [0.15, 0.2) is 5.38 Å². The fraction of sp³-hybridized carbons (Fsp3) is 0.643. The first kappa shape index (κ1) is 16.2. The van der Waals surface area contributed by atoms with Gasteiger partial charge in [0.1, 0.15) is 5.01 Å². The van der Waals surface area contributed by atoms with Crippen LogP contribution in [0.4, 0.5) is 0 Å². The van der Waals surface area contributed by atoms with Crippen LogP contribution >= 0.6 is 22.9 Å². The normalized spacial score (nSPS) is 16.0. The van der Waals surface area contributed by atoms with Gasteiger partial charge in [0, 0.05) is 31.9 Å². The number of thiazole rings is 1. The second-order valence-corrected chi connectivity index (χ2v) is 6.51. The van der Waals surface area contributed by atoms with E-state index in [-0.39, 0.29) is 11.8 Å². The predicted octanol–water partition coefficient (Wildman–Crippen LogP) is 1.80. The molecule has 2 rings (SSSR count). The summed E-state index contributed by atoms with van der Waals surface area (Å²) < 4.78 is 0. The van der Waals surface area contributed by atoms with E-state index < -0.39 is 0 Å². The van der Waals surface area contributed by atoms with E-state index in [2.05, 4.69) is 10.3 Å². The Morgan fingerprint density at radius 2 is 2.19 bits per heavy atom. The van der Waals surface area contributed by atoms with Crippen molar-refractivity contribution in [2.45, 2.75) is 32.1 Å². The summed E-state index contributed by atoms with van der Waals surface area (Å²) in [6.07, 6.45) is 2.24. The molecule has 0 aliphatic carbocycles. The molecule has 0 atom stereocenters. The summed E-state index contributed by atoms with van der Waals surface area (Å²) in [4.78, 5) is 29.3. The highest BCUT2D eigenvalue weighted by atomic mass is 35.5. The molecule has 5 nitrogen and oxygen atoms in total. The second-order valence-electron chi connectivity index (χ2n) is 5.30. The first-order valence-electron chi connectivity index (χ1n) is 7.10. The van der Waals surface area contributed by atoms with Crippen LogP contribution in [0.5, 0.6) is 0 Å². The lowest BCUT2D eigenvalue weighted by atomic mass is 9.96. The molecule has 1 aromatic heterocycles. The number of halogens is 1. The molecule has 0 aromatic carbocycles. The average molecular weight is 330 g/mol. The minimum Gasteiger partial charge on any atom is -0.356 e. The van der Waals surface area contributed by atoms with Crippen molar-refractivity contribution in [3.63, 3.8) is 0 Å². The standard InChI is InChI=1S/C14H20ClN3O2S/c1-10(19)16-8-11-2-4-18(5-3-11)14(20)6-13-17-12(7-15)9-21-13/h9,11H,2-8H2,1H3,(H,16,19). The molecule has 7 heteroatoms. The highest BCUT2D eigenvalue weighted by Crippen LogP contribution is 2.18. The SMILES string of the molecule is CC(=O)NCC1CCN(C(=O)Cc2nc(CCl)cs2)CC1. The smallest absolute Gasteiger partial charge is 0.229 e. The van der Waals surface area contributed by atoms with Crippen molar-refractivity contribution in [3.8, 4) is 0 Å². The van der Waals surface area contributed by atoms with E-state index in [0.29, 0.717) is 24.8 Å². The van der Waals surface area contributed by atoms with Crippen molar-refractivity contribution in [3.05, 3.63) is 16.1 Å². The third-order valence-electron chi connectivity index (χ3n) is 3.65. The van der Waals surface area contributed by atoms with Crippen LogP contribution < -0.4 is 5.32 Å². The van der Waals surface area contributed by atoms with Crippen molar-refractivity contribution in [1.29, 1.82) is 0 Å². The van der Waals surface area contributed by atoms with Gasteiger partial charge in [0.15, 0.2) is 0 Å². The molecular weight excluding hydrogens is 310 g/mol. The maximum atomic E-state index is 12.2. The average Bonchev–Trinajstić information content (AvgIpc) is 2.93. The largest absolute Gasteiger partial charge is 0.356 e. The number of rotatable bonds is 5. The van der Waals surface area contributed by atoms with Crippen LogP contribution in [0.2, 0.25) is 0 Å². The Kier molecular flexibility index (Phi) is 5.99. The number of amides is 2. The van der Waals surface area contributed by atoms with Gasteiger partial charge >= 0.3 is 0 Å². The minimum atomic E-state index is 0.00683. The Balaban J connectivity index is 1.76. The van der Waals surface area contributed by atoms with Gasteiger partial charge in [-0.2, -0.15) is 0 Å². The number of carbonyl (C=O) groups is 2. The Morgan fingerprint density at radius 3 is 2.76 bits per heavy atom. The first-order valence-corrected chi connectivity index (χ1v) is 8.51. The number of hydrogen-bond donors (Lipinski definition) is 1. The molecule has 1 N–H and O–H groups in total. The third-order valence-corrected chi connectivity index (χ3v) is 4.82. The van der Waals surface area contributed by atoms with E-state index in [1.165, 1.54) is 18.3 Å². The molecule has 21 heavy (non-hydrogen) atoms. The van der Waals surface area contributed by atoms with Crippen molar-refractivity contribution in [2.75, 3.05) is 19.6 Å². The quantitative estimate of drug-likeness (QED) is 0.838. The molecule has 1 aromatic rings. The van der Waals surface area contributed by atoms with Gasteiger partial charge < -0.3 is 10.2 Å². The molecule has 116 valence electrons. The lowest BCUT2D eigenvalue weighted by Crippen LogP contribution is -2.41. The van der Waals surface area contributed by atoms with E-state index >= 15 is 0 Å². The van der Waals surface area contributed by atoms with Crippen LogP contribution in [0, 0.1) is 5.92 Å². The van der Waals surface area contributed by atoms with E-state index in [4.69, 9.17) is 11.6 Å². The molecule has 2 heterocycles. The van der Waals surface area contributed by atoms with Gasteiger partial charge in [0.2, 0.25) is 11.8 Å². The van der Waals surface area contributed by atoms with E-state index in [1.807, 2.05) is 10.3 Å². The summed E-state index contributed by atoms with van der Waals surface area (Å²) in [6.45, 7) is 3.76. The van der Waals surface area contributed by atoms with Crippen molar-refractivity contribution >= 4 is 34.8 Å². The van der Waals surface area contributed by atoms with E-state index in [1.54, 1.807) is 0 Å². The maximum absolute atomic E-state index is 12.2.